The van der Waals surface area contributed by atoms with E-state index in [-0.39, 0.29) is 38.4 Å². The standard InChI is InChI=1S/C10H20O8P2.C4H6N2/c1-19(13,14)7-3-9(11)17-5-6-18-10(12)4-8-20(2,15)16;1-6-3-2-5-4-6/h3-8H2,1-2H3,(H,13,14)(H,15,16);2-4H,1H3/p-1. The number of hydrogen-bond donors (Lipinski definition) is 1. The third-order valence-electron chi connectivity index (χ3n) is 2.74. The molecule has 1 heterocycles. The van der Waals surface area contributed by atoms with Gasteiger partial charge >= 0.3 is 11.9 Å². The summed E-state index contributed by atoms with van der Waals surface area (Å²) < 4.78 is 32.8. The molecule has 1 aromatic rings. The Kier molecular flexibility index (Phi) is 11.3. The van der Waals surface area contributed by atoms with Gasteiger partial charge in [-0.25, -0.2) is 4.57 Å². The van der Waals surface area contributed by atoms with E-state index in [0.717, 1.165) is 13.3 Å². The molecule has 0 fully saturated rings. The Morgan fingerprint density at radius 2 is 1.42 bits per heavy atom. The molecule has 0 amide bonds. The SMILES string of the molecule is CP(=O)([O-])CCC(=O)OCCOC(=O)CCP(C)(=O)[O-].C[n+]1cc[nH]c1. The number of aromatic nitrogens is 2. The smallest absolute Gasteiger partial charge is 0.306 e. The molecule has 0 saturated carbocycles. The Bertz CT molecular complexity index is 595. The van der Waals surface area contributed by atoms with Crippen LogP contribution in [0.2, 0.25) is 0 Å². The first-order chi connectivity index (χ1) is 11.9. The van der Waals surface area contributed by atoms with E-state index < -0.39 is 26.7 Å². The highest BCUT2D eigenvalue weighted by atomic mass is 31.2. The predicted molar refractivity (Wildman–Crippen MR) is 89.9 cm³/mol. The van der Waals surface area contributed by atoms with Crippen molar-refractivity contribution < 1.29 is 42.5 Å². The van der Waals surface area contributed by atoms with Crippen molar-refractivity contribution in [2.24, 2.45) is 7.05 Å². The van der Waals surface area contributed by atoms with Crippen molar-refractivity contribution in [1.82, 2.24) is 4.98 Å². The third-order valence-corrected chi connectivity index (χ3v) is 4.81. The molecule has 2 atom stereocenters. The normalized spacial score (nSPS) is 15.0. The number of imidazole rings is 1. The zero-order chi connectivity index (χ0) is 20.2. The Morgan fingerprint density at radius 3 is 1.65 bits per heavy atom. The van der Waals surface area contributed by atoms with Crippen molar-refractivity contribution >= 4 is 26.7 Å². The minimum atomic E-state index is -3.49. The molecule has 0 aromatic carbocycles. The molecule has 10 nitrogen and oxygen atoms in total. The van der Waals surface area contributed by atoms with Crippen LogP contribution in [0.1, 0.15) is 12.8 Å². The van der Waals surface area contributed by atoms with Crippen LogP contribution >= 0.6 is 14.7 Å². The number of H-pyrrole nitrogens is 1. The van der Waals surface area contributed by atoms with Gasteiger partial charge in [0.05, 0.1) is 19.9 Å². The van der Waals surface area contributed by atoms with Gasteiger partial charge in [-0.1, -0.05) is 0 Å². The van der Waals surface area contributed by atoms with E-state index in [9.17, 15) is 28.5 Å². The number of nitrogens with zero attached hydrogens (tertiary/aromatic N) is 1. The minimum Gasteiger partial charge on any atom is -0.799 e. The number of hydrogen-bond acceptors (Lipinski definition) is 8. The largest absolute Gasteiger partial charge is 0.799 e. The summed E-state index contributed by atoms with van der Waals surface area (Å²) in [6.45, 7) is 1.67. The lowest BCUT2D eigenvalue weighted by Crippen LogP contribution is -2.22. The van der Waals surface area contributed by atoms with E-state index in [4.69, 9.17) is 0 Å². The van der Waals surface area contributed by atoms with Crippen LogP contribution in [-0.2, 0) is 35.2 Å². The molecule has 0 saturated heterocycles. The van der Waals surface area contributed by atoms with Gasteiger partial charge in [0.25, 0.3) is 0 Å². The molecule has 0 aliphatic heterocycles. The fourth-order valence-corrected chi connectivity index (χ4v) is 2.59. The summed E-state index contributed by atoms with van der Waals surface area (Å²) in [5.74, 6) is -1.40. The van der Waals surface area contributed by atoms with E-state index in [1.807, 2.05) is 30.3 Å². The average molecular weight is 411 g/mol. The van der Waals surface area contributed by atoms with Gasteiger partial charge in [0, 0.05) is 14.7 Å². The number of nitrogens with one attached hydrogen (secondary N) is 1. The van der Waals surface area contributed by atoms with Gasteiger partial charge in [-0.2, -0.15) is 0 Å². The second-order valence-corrected chi connectivity index (χ2v) is 10.6. The van der Waals surface area contributed by atoms with Gasteiger partial charge < -0.3 is 28.4 Å². The zero-order valence-electron chi connectivity index (χ0n) is 15.1. The Balaban J connectivity index is 0.000000867. The Labute approximate surface area is 152 Å². The fourth-order valence-electron chi connectivity index (χ4n) is 1.41. The molecule has 26 heavy (non-hydrogen) atoms. The van der Waals surface area contributed by atoms with Crippen molar-refractivity contribution in [3.05, 3.63) is 18.7 Å². The first-order valence-electron chi connectivity index (χ1n) is 7.73. The van der Waals surface area contributed by atoms with Gasteiger partial charge in [0.1, 0.15) is 25.6 Å². The van der Waals surface area contributed by atoms with E-state index in [1.54, 1.807) is 0 Å². The molecule has 0 radical (unpaired) electrons. The summed E-state index contributed by atoms with van der Waals surface area (Å²) in [7, 11) is -5.01. The predicted octanol–water partition coefficient (Wildman–Crippen LogP) is -0.771. The molecular weight excluding hydrogens is 386 g/mol. The Morgan fingerprint density at radius 1 is 1.00 bits per heavy atom. The van der Waals surface area contributed by atoms with Crippen molar-refractivity contribution in [2.45, 2.75) is 12.8 Å². The number of ether oxygens (including phenoxy) is 2. The number of aromatic amines is 1. The maximum Gasteiger partial charge on any atom is 0.306 e. The van der Waals surface area contributed by atoms with Crippen LogP contribution in [0.5, 0.6) is 0 Å². The number of carbonyl (C=O) groups excluding carboxylic acids is 2. The van der Waals surface area contributed by atoms with Crippen molar-refractivity contribution in [3.8, 4) is 0 Å². The van der Waals surface area contributed by atoms with E-state index in [2.05, 4.69) is 14.5 Å². The van der Waals surface area contributed by atoms with Crippen LogP contribution in [0.4, 0.5) is 0 Å². The number of rotatable bonds is 9. The lowest BCUT2D eigenvalue weighted by molar-refractivity contribution is -0.670. The highest BCUT2D eigenvalue weighted by molar-refractivity contribution is 7.56. The summed E-state index contributed by atoms with van der Waals surface area (Å²) in [4.78, 5) is 46.7. The van der Waals surface area contributed by atoms with Crippen LogP contribution in [0.15, 0.2) is 18.7 Å². The van der Waals surface area contributed by atoms with Gasteiger partial charge in [0.2, 0.25) is 6.33 Å². The molecule has 0 aliphatic carbocycles. The van der Waals surface area contributed by atoms with Gasteiger partial charge in [-0.05, 0) is 25.7 Å². The molecule has 0 aliphatic rings. The molecule has 1 N–H and O–H groups in total. The second-order valence-electron chi connectivity index (χ2n) is 5.69. The molecule has 1 aromatic heterocycles. The molecular formula is C14H25N2O8P2-. The first kappa shape index (κ1) is 24.5. The summed E-state index contributed by atoms with van der Waals surface area (Å²) in [6, 6.07) is 0. The number of aryl methyl sites for hydroxylation is 1. The van der Waals surface area contributed by atoms with Crippen LogP contribution in [0, 0.1) is 0 Å². The monoisotopic (exact) mass is 411 g/mol. The molecule has 0 bridgehead atoms. The van der Waals surface area contributed by atoms with Gasteiger partial charge in [-0.3, -0.25) is 14.6 Å². The molecule has 2 unspecified atom stereocenters. The van der Waals surface area contributed by atoms with Gasteiger partial charge in [-0.15, -0.1) is 0 Å². The summed E-state index contributed by atoms with van der Waals surface area (Å²) in [5, 5.41) is 0. The van der Waals surface area contributed by atoms with Crippen molar-refractivity contribution in [3.63, 3.8) is 0 Å². The average Bonchev–Trinajstić information content (AvgIpc) is 2.98. The second kappa shape index (κ2) is 12.0. The van der Waals surface area contributed by atoms with Crippen LogP contribution in [0.3, 0.4) is 0 Å². The zero-order valence-corrected chi connectivity index (χ0v) is 16.9. The topological polar surface area (TPSA) is 153 Å². The molecule has 0 spiro atoms. The van der Waals surface area contributed by atoms with Crippen molar-refractivity contribution in [2.75, 3.05) is 38.9 Å². The summed E-state index contributed by atoms with van der Waals surface area (Å²) in [6.07, 6.45) is 4.64. The van der Waals surface area contributed by atoms with Crippen molar-refractivity contribution in [1.29, 1.82) is 0 Å². The van der Waals surface area contributed by atoms with Gasteiger partial charge in [0.15, 0.2) is 0 Å². The highest BCUT2D eigenvalue weighted by Crippen LogP contribution is 2.30. The maximum atomic E-state index is 11.1. The van der Waals surface area contributed by atoms with E-state index in [0.29, 0.717) is 0 Å². The summed E-state index contributed by atoms with van der Waals surface area (Å²) >= 11 is 0. The molecule has 12 heteroatoms. The maximum absolute atomic E-state index is 11.1. The first-order valence-corrected chi connectivity index (χ1v) is 12.2. The lowest BCUT2D eigenvalue weighted by atomic mass is 10.5. The Hall–Kier alpha value is -1.47. The highest BCUT2D eigenvalue weighted by Gasteiger charge is 2.09. The van der Waals surface area contributed by atoms with Crippen LogP contribution in [-0.4, -0.2) is 55.8 Å². The van der Waals surface area contributed by atoms with Crippen LogP contribution in [0.25, 0.3) is 0 Å². The molecule has 1 rings (SSSR count). The fraction of sp³-hybridized carbons (Fsp3) is 0.643. The van der Waals surface area contributed by atoms with E-state index in [1.165, 1.54) is 0 Å². The molecule has 150 valence electrons. The lowest BCUT2D eigenvalue weighted by Gasteiger charge is -2.16. The van der Waals surface area contributed by atoms with E-state index >= 15 is 0 Å². The van der Waals surface area contributed by atoms with Crippen LogP contribution < -0.4 is 14.4 Å². The quantitative estimate of drug-likeness (QED) is 0.241. The third kappa shape index (κ3) is 17.4. The number of esters is 2. The minimum absolute atomic E-state index is 0.196. The summed E-state index contributed by atoms with van der Waals surface area (Å²) in [5.41, 5.74) is 0. The number of carbonyl (C=O) groups is 2.